The Bertz CT molecular complexity index is 326. The molecular formula is C6H8ClNO2S. The lowest BCUT2D eigenvalue weighted by Gasteiger charge is -2.02. The highest BCUT2D eigenvalue weighted by Crippen LogP contribution is 2.24. The van der Waals surface area contributed by atoms with Crippen LogP contribution < -0.4 is 0 Å². The number of aliphatic imine (C=N–C) groups is 1. The lowest BCUT2D eigenvalue weighted by molar-refractivity contribution is 0.613. The molecule has 0 aliphatic carbocycles. The van der Waals surface area contributed by atoms with Crippen molar-refractivity contribution in [3.05, 3.63) is 10.6 Å². The smallest absolute Gasteiger partial charge is 0.232 e. The van der Waals surface area contributed by atoms with Gasteiger partial charge >= 0.3 is 0 Å². The second-order valence-corrected chi connectivity index (χ2v) is 5.05. The quantitative estimate of drug-likeness (QED) is 0.634. The predicted octanol–water partition coefficient (Wildman–Crippen LogP) is 1.51. The molecule has 0 bridgehead atoms. The lowest BCUT2D eigenvalue weighted by Crippen LogP contribution is -2.16. The Balaban J connectivity index is 3.13. The maximum absolute atomic E-state index is 11.2. The number of hydrogen-bond donors (Lipinski definition) is 0. The maximum Gasteiger partial charge on any atom is 0.232 e. The second-order valence-electron chi connectivity index (χ2n) is 2.56. The van der Waals surface area contributed by atoms with Gasteiger partial charge in [0.05, 0.1) is 6.20 Å². The summed E-state index contributed by atoms with van der Waals surface area (Å²) in [4.78, 5) is 3.70. The van der Waals surface area contributed by atoms with Crippen molar-refractivity contribution in [1.82, 2.24) is 0 Å². The van der Waals surface area contributed by atoms with Crippen molar-refractivity contribution in [3.63, 3.8) is 0 Å². The molecule has 0 amide bonds. The Morgan fingerprint density at radius 2 is 2.09 bits per heavy atom. The molecule has 0 fully saturated rings. The fraction of sp³-hybridized carbons (Fsp3) is 0.500. The first kappa shape index (κ1) is 8.74. The Labute approximate surface area is 70.7 Å². The number of nitrogens with zero attached hydrogens (tertiary/aromatic N) is 1. The van der Waals surface area contributed by atoms with Gasteiger partial charge < -0.3 is 0 Å². The van der Waals surface area contributed by atoms with Gasteiger partial charge in [-0.2, -0.15) is 0 Å². The molecule has 0 N–H and O–H groups in total. The monoisotopic (exact) mass is 193 g/mol. The van der Waals surface area contributed by atoms with E-state index in [9.17, 15) is 8.42 Å². The van der Waals surface area contributed by atoms with Gasteiger partial charge in [-0.15, -0.1) is 0 Å². The molecule has 0 radical (unpaired) electrons. The van der Waals surface area contributed by atoms with Gasteiger partial charge in [0.2, 0.25) is 9.84 Å². The topological polar surface area (TPSA) is 46.5 Å². The van der Waals surface area contributed by atoms with Crippen LogP contribution in [0.15, 0.2) is 15.6 Å². The number of rotatable bonds is 1. The third-order valence-corrected chi connectivity index (χ3v) is 3.77. The summed E-state index contributed by atoms with van der Waals surface area (Å²) in [5.74, 6) is -0.104. The average molecular weight is 194 g/mol. The molecule has 0 aromatic heterocycles. The minimum Gasteiger partial charge on any atom is -0.246 e. The highest BCUT2D eigenvalue weighted by Gasteiger charge is 2.29. The summed E-state index contributed by atoms with van der Waals surface area (Å²) >= 11 is 5.40. The number of hydrogen-bond acceptors (Lipinski definition) is 3. The summed E-state index contributed by atoms with van der Waals surface area (Å²) < 4.78 is 22.2. The summed E-state index contributed by atoms with van der Waals surface area (Å²) in [6, 6.07) is 0. The molecule has 0 unspecified atom stereocenters. The van der Waals surface area contributed by atoms with Crippen molar-refractivity contribution in [3.8, 4) is 0 Å². The summed E-state index contributed by atoms with van der Waals surface area (Å²) in [5, 5.41) is 0.155. The van der Waals surface area contributed by atoms with Crippen molar-refractivity contribution in [2.45, 2.75) is 13.8 Å². The van der Waals surface area contributed by atoms with E-state index in [2.05, 4.69) is 4.99 Å². The van der Waals surface area contributed by atoms with Crippen LogP contribution in [0.5, 0.6) is 0 Å². The van der Waals surface area contributed by atoms with Gasteiger partial charge in [0, 0.05) is 5.92 Å². The zero-order chi connectivity index (χ0) is 8.65. The fourth-order valence-corrected chi connectivity index (χ4v) is 2.30. The van der Waals surface area contributed by atoms with E-state index in [1.54, 1.807) is 13.8 Å². The zero-order valence-corrected chi connectivity index (χ0v) is 7.78. The van der Waals surface area contributed by atoms with Crippen LogP contribution in [0, 0.1) is 5.92 Å². The molecule has 1 rings (SSSR count). The molecular weight excluding hydrogens is 186 g/mol. The Hall–Kier alpha value is -0.350. The first-order valence-corrected chi connectivity index (χ1v) is 5.01. The van der Waals surface area contributed by atoms with Crippen LogP contribution in [0.1, 0.15) is 13.8 Å². The molecule has 0 spiro atoms. The molecule has 0 saturated carbocycles. The summed E-state index contributed by atoms with van der Waals surface area (Å²) in [5.41, 5.74) is 0. The molecule has 0 aromatic rings. The molecule has 0 saturated heterocycles. The van der Waals surface area contributed by atoms with Gasteiger partial charge in [-0.25, -0.2) is 13.4 Å². The van der Waals surface area contributed by atoms with Gasteiger partial charge in [0.15, 0.2) is 4.36 Å². The van der Waals surface area contributed by atoms with Gasteiger partial charge in [0.25, 0.3) is 0 Å². The normalized spacial score (nSPS) is 21.8. The van der Waals surface area contributed by atoms with E-state index in [0.29, 0.717) is 0 Å². The van der Waals surface area contributed by atoms with E-state index in [1.165, 1.54) is 6.20 Å². The van der Waals surface area contributed by atoms with Gasteiger partial charge in [-0.3, -0.25) is 0 Å². The summed E-state index contributed by atoms with van der Waals surface area (Å²) in [6.45, 7) is 3.53. The first-order valence-electron chi connectivity index (χ1n) is 3.14. The standard InChI is InChI=1S/C6H8ClNO2S/c1-4(2)6-8-3-5(7)11(6,9)10/h3-4H,1-2H3. The Morgan fingerprint density at radius 1 is 1.55 bits per heavy atom. The number of sulfone groups is 1. The molecule has 1 aliphatic rings. The zero-order valence-electron chi connectivity index (χ0n) is 6.20. The highest BCUT2D eigenvalue weighted by molar-refractivity contribution is 8.11. The molecule has 62 valence electrons. The van der Waals surface area contributed by atoms with Gasteiger partial charge in [-0.1, -0.05) is 25.4 Å². The van der Waals surface area contributed by atoms with Crippen molar-refractivity contribution in [2.24, 2.45) is 10.9 Å². The van der Waals surface area contributed by atoms with Gasteiger partial charge in [-0.05, 0) is 0 Å². The van der Waals surface area contributed by atoms with E-state index in [4.69, 9.17) is 11.6 Å². The third kappa shape index (κ3) is 1.32. The SMILES string of the molecule is CC(C)C1=NC=C(Cl)S1(=O)=O. The molecule has 1 aliphatic heterocycles. The minimum absolute atomic E-state index is 0.104. The molecule has 5 heteroatoms. The van der Waals surface area contributed by atoms with E-state index >= 15 is 0 Å². The van der Waals surface area contributed by atoms with Crippen LogP contribution in [0.2, 0.25) is 0 Å². The van der Waals surface area contributed by atoms with Crippen LogP contribution in [-0.4, -0.2) is 13.5 Å². The summed E-state index contributed by atoms with van der Waals surface area (Å²) in [7, 11) is -3.39. The van der Waals surface area contributed by atoms with Crippen molar-refractivity contribution in [2.75, 3.05) is 0 Å². The largest absolute Gasteiger partial charge is 0.246 e. The van der Waals surface area contributed by atoms with Crippen LogP contribution >= 0.6 is 11.6 Å². The first-order chi connectivity index (χ1) is 4.96. The number of halogens is 1. The highest BCUT2D eigenvalue weighted by atomic mass is 35.5. The lowest BCUT2D eigenvalue weighted by atomic mass is 10.2. The van der Waals surface area contributed by atoms with Crippen LogP contribution in [0.4, 0.5) is 0 Å². The molecule has 0 aromatic carbocycles. The van der Waals surface area contributed by atoms with E-state index in [1.807, 2.05) is 0 Å². The molecule has 11 heavy (non-hydrogen) atoms. The van der Waals surface area contributed by atoms with Gasteiger partial charge in [0.1, 0.15) is 5.04 Å². The second kappa shape index (κ2) is 2.60. The van der Waals surface area contributed by atoms with E-state index < -0.39 is 9.84 Å². The van der Waals surface area contributed by atoms with E-state index in [-0.39, 0.29) is 15.3 Å². The Morgan fingerprint density at radius 3 is 2.27 bits per heavy atom. The minimum atomic E-state index is -3.39. The third-order valence-electron chi connectivity index (χ3n) is 1.32. The van der Waals surface area contributed by atoms with Crippen LogP contribution in [-0.2, 0) is 9.84 Å². The van der Waals surface area contributed by atoms with E-state index in [0.717, 1.165) is 0 Å². The van der Waals surface area contributed by atoms with Crippen LogP contribution in [0.25, 0.3) is 0 Å². The molecule has 0 atom stereocenters. The van der Waals surface area contributed by atoms with Crippen LogP contribution in [0.3, 0.4) is 0 Å². The molecule has 1 heterocycles. The average Bonchev–Trinajstić information content (AvgIpc) is 2.08. The molecule has 3 nitrogen and oxygen atoms in total. The Kier molecular flexibility index (Phi) is 2.07. The van der Waals surface area contributed by atoms with Crippen molar-refractivity contribution >= 4 is 26.5 Å². The maximum atomic E-state index is 11.2. The summed E-state index contributed by atoms with van der Waals surface area (Å²) in [6.07, 6.45) is 1.17. The fourth-order valence-electron chi connectivity index (χ4n) is 0.812. The van der Waals surface area contributed by atoms with Crippen molar-refractivity contribution < 1.29 is 8.42 Å². The predicted molar refractivity (Wildman–Crippen MR) is 45.1 cm³/mol. The van der Waals surface area contributed by atoms with Crippen molar-refractivity contribution in [1.29, 1.82) is 0 Å².